The van der Waals surface area contributed by atoms with Gasteiger partial charge in [-0.1, -0.05) is 54.6 Å². The summed E-state index contributed by atoms with van der Waals surface area (Å²) in [5.41, 5.74) is 2.57. The van der Waals surface area contributed by atoms with Crippen LogP contribution in [0.25, 0.3) is 21.9 Å². The van der Waals surface area contributed by atoms with Crippen LogP contribution in [0.1, 0.15) is 46.7 Å². The highest BCUT2D eigenvalue weighted by atomic mass is 19.4. The predicted octanol–water partition coefficient (Wildman–Crippen LogP) is 8.08. The first kappa shape index (κ1) is 30.4. The third-order valence-electron chi connectivity index (χ3n) is 6.58. The van der Waals surface area contributed by atoms with Crippen molar-refractivity contribution in [2.45, 2.75) is 37.7 Å². The van der Waals surface area contributed by atoms with Crippen molar-refractivity contribution >= 4 is 22.6 Å². The average Bonchev–Trinajstić information content (AvgIpc) is 2.91. The van der Waals surface area contributed by atoms with E-state index in [1.807, 2.05) is 0 Å². The molecule has 2 N–H and O–H groups in total. The SMILES string of the molecule is O=C(O)CCNC(=O)c1ccc(C(CCC(F)(F)F)c2ccc3cc(-c4cccc(OC(F)(F)F)c4)ccc3c2)cc1. The molecule has 0 radical (unpaired) electrons. The van der Waals surface area contributed by atoms with Gasteiger partial charge in [-0.25, -0.2) is 0 Å². The Kier molecular flexibility index (Phi) is 9.08. The van der Waals surface area contributed by atoms with Crippen LogP contribution >= 0.6 is 0 Å². The van der Waals surface area contributed by atoms with Crippen LogP contribution in [-0.4, -0.2) is 36.1 Å². The molecule has 42 heavy (non-hydrogen) atoms. The first-order chi connectivity index (χ1) is 19.8. The Balaban J connectivity index is 1.60. The molecule has 0 fully saturated rings. The summed E-state index contributed by atoms with van der Waals surface area (Å²) in [6.07, 6.45) is -10.7. The standard InChI is InChI=1S/C31H25F6NO4/c32-30(33,34)14-12-27(19-4-6-20(7-5-19)29(41)38-15-13-28(39)40)25-11-10-23-16-22(8-9-24(23)17-25)21-2-1-3-26(18-21)42-31(35,36)37/h1-11,16-18,27H,12-15H2,(H,38,41)(H,39,40). The van der Waals surface area contributed by atoms with E-state index in [9.17, 15) is 35.9 Å². The number of carbonyl (C=O) groups excluding carboxylic acids is 1. The zero-order valence-corrected chi connectivity index (χ0v) is 21.9. The molecule has 220 valence electrons. The Hall–Kier alpha value is -4.54. The molecular weight excluding hydrogens is 564 g/mol. The van der Waals surface area contributed by atoms with Crippen molar-refractivity contribution in [1.29, 1.82) is 0 Å². The average molecular weight is 590 g/mol. The molecule has 11 heteroatoms. The number of amides is 1. The van der Waals surface area contributed by atoms with E-state index in [4.69, 9.17) is 5.11 Å². The molecule has 1 atom stereocenters. The second kappa shape index (κ2) is 12.5. The Morgan fingerprint density at radius 3 is 2.10 bits per heavy atom. The van der Waals surface area contributed by atoms with Gasteiger partial charge in [-0.05, 0) is 69.8 Å². The number of hydrogen-bond donors (Lipinski definition) is 2. The number of carboxylic acid groups (broad SMARTS) is 1. The van der Waals surface area contributed by atoms with Gasteiger partial charge in [-0.15, -0.1) is 13.2 Å². The topological polar surface area (TPSA) is 75.6 Å². The Morgan fingerprint density at radius 2 is 1.43 bits per heavy atom. The second-order valence-electron chi connectivity index (χ2n) is 9.63. The van der Waals surface area contributed by atoms with Crippen LogP contribution in [0.4, 0.5) is 26.3 Å². The molecule has 1 unspecified atom stereocenters. The van der Waals surface area contributed by atoms with Crippen molar-refractivity contribution in [3.05, 3.63) is 102 Å². The molecule has 0 heterocycles. The van der Waals surface area contributed by atoms with Gasteiger partial charge in [0.1, 0.15) is 5.75 Å². The van der Waals surface area contributed by atoms with Crippen LogP contribution in [0, 0.1) is 0 Å². The highest BCUT2D eigenvalue weighted by Crippen LogP contribution is 2.36. The van der Waals surface area contributed by atoms with Gasteiger partial charge in [0.15, 0.2) is 0 Å². The monoisotopic (exact) mass is 589 g/mol. The Bertz CT molecular complexity index is 1560. The predicted molar refractivity (Wildman–Crippen MR) is 144 cm³/mol. The summed E-state index contributed by atoms with van der Waals surface area (Å²) < 4.78 is 81.5. The summed E-state index contributed by atoms with van der Waals surface area (Å²) in [5, 5.41) is 12.7. The third kappa shape index (κ3) is 8.48. The Morgan fingerprint density at radius 1 is 0.786 bits per heavy atom. The number of halogens is 6. The largest absolute Gasteiger partial charge is 0.573 e. The highest BCUT2D eigenvalue weighted by molar-refractivity contribution is 5.94. The van der Waals surface area contributed by atoms with Crippen molar-refractivity contribution in [3.8, 4) is 16.9 Å². The number of fused-ring (bicyclic) bond motifs is 1. The molecule has 0 aliphatic heterocycles. The molecule has 0 aliphatic rings. The highest BCUT2D eigenvalue weighted by Gasteiger charge is 2.31. The maximum Gasteiger partial charge on any atom is 0.573 e. The molecular formula is C31H25F6NO4. The molecule has 4 rings (SSSR count). The van der Waals surface area contributed by atoms with Gasteiger partial charge >= 0.3 is 18.5 Å². The minimum atomic E-state index is -4.82. The molecule has 0 saturated heterocycles. The van der Waals surface area contributed by atoms with Crippen LogP contribution in [0.15, 0.2) is 84.9 Å². The summed E-state index contributed by atoms with van der Waals surface area (Å²) >= 11 is 0. The van der Waals surface area contributed by atoms with E-state index in [0.29, 0.717) is 22.3 Å². The maximum absolute atomic E-state index is 13.2. The van der Waals surface area contributed by atoms with Crippen molar-refractivity contribution < 1.29 is 45.8 Å². The van der Waals surface area contributed by atoms with E-state index in [1.54, 1.807) is 54.6 Å². The molecule has 0 spiro atoms. The smallest absolute Gasteiger partial charge is 0.481 e. The van der Waals surface area contributed by atoms with Crippen LogP contribution in [0.2, 0.25) is 0 Å². The molecule has 0 aliphatic carbocycles. The number of carbonyl (C=O) groups is 2. The van der Waals surface area contributed by atoms with E-state index in [2.05, 4.69) is 10.1 Å². The van der Waals surface area contributed by atoms with Crippen molar-refractivity contribution in [3.63, 3.8) is 0 Å². The number of alkyl halides is 6. The molecule has 1 amide bonds. The van der Waals surface area contributed by atoms with Crippen molar-refractivity contribution in [1.82, 2.24) is 5.32 Å². The van der Waals surface area contributed by atoms with Gasteiger partial charge in [0, 0.05) is 24.4 Å². The lowest BCUT2D eigenvalue weighted by Crippen LogP contribution is -2.25. The lowest BCUT2D eigenvalue weighted by Gasteiger charge is -2.20. The summed E-state index contributed by atoms with van der Waals surface area (Å²) in [5.74, 6) is -2.55. The van der Waals surface area contributed by atoms with E-state index in [-0.39, 0.29) is 30.7 Å². The molecule has 0 saturated carbocycles. The zero-order chi connectivity index (χ0) is 30.5. The Labute approximate surface area is 236 Å². The van der Waals surface area contributed by atoms with Crippen LogP contribution < -0.4 is 10.1 Å². The number of hydrogen-bond acceptors (Lipinski definition) is 3. The number of nitrogens with one attached hydrogen (secondary N) is 1. The molecule has 0 aromatic heterocycles. The van der Waals surface area contributed by atoms with Crippen molar-refractivity contribution in [2.75, 3.05) is 6.54 Å². The first-order valence-corrected chi connectivity index (χ1v) is 12.8. The quantitative estimate of drug-likeness (QED) is 0.183. The minimum absolute atomic E-state index is 0.0598. The maximum atomic E-state index is 13.2. The summed E-state index contributed by atoms with van der Waals surface area (Å²) in [6, 6.07) is 22.1. The molecule has 4 aromatic rings. The van der Waals surface area contributed by atoms with Gasteiger partial charge in [-0.3, -0.25) is 9.59 Å². The van der Waals surface area contributed by atoms with E-state index in [0.717, 1.165) is 10.8 Å². The van der Waals surface area contributed by atoms with E-state index in [1.165, 1.54) is 30.3 Å². The van der Waals surface area contributed by atoms with Gasteiger partial charge in [-0.2, -0.15) is 13.2 Å². The van der Waals surface area contributed by atoms with Gasteiger partial charge in [0.2, 0.25) is 0 Å². The summed E-state index contributed by atoms with van der Waals surface area (Å²) in [4.78, 5) is 22.9. The van der Waals surface area contributed by atoms with Crippen LogP contribution in [0.5, 0.6) is 5.75 Å². The second-order valence-corrected chi connectivity index (χ2v) is 9.63. The number of benzene rings is 4. The van der Waals surface area contributed by atoms with E-state index >= 15 is 0 Å². The van der Waals surface area contributed by atoms with E-state index < -0.39 is 36.8 Å². The van der Waals surface area contributed by atoms with Crippen LogP contribution in [-0.2, 0) is 4.79 Å². The van der Waals surface area contributed by atoms with Gasteiger partial charge < -0.3 is 15.2 Å². The van der Waals surface area contributed by atoms with Crippen molar-refractivity contribution in [2.24, 2.45) is 0 Å². The van der Waals surface area contributed by atoms with Gasteiger partial charge in [0.25, 0.3) is 5.91 Å². The summed E-state index contributed by atoms with van der Waals surface area (Å²) in [6.45, 7) is -0.0598. The fourth-order valence-electron chi connectivity index (χ4n) is 4.62. The molecule has 5 nitrogen and oxygen atoms in total. The fourth-order valence-corrected chi connectivity index (χ4v) is 4.62. The normalized spacial score (nSPS) is 12.6. The zero-order valence-electron chi connectivity index (χ0n) is 21.9. The number of rotatable bonds is 10. The number of ether oxygens (including phenoxy) is 1. The molecule has 4 aromatic carbocycles. The number of carboxylic acids is 1. The van der Waals surface area contributed by atoms with Gasteiger partial charge in [0.05, 0.1) is 6.42 Å². The third-order valence-corrected chi connectivity index (χ3v) is 6.58. The first-order valence-electron chi connectivity index (χ1n) is 12.8. The lowest BCUT2D eigenvalue weighted by atomic mass is 9.85. The number of aliphatic carboxylic acids is 1. The lowest BCUT2D eigenvalue weighted by molar-refractivity contribution is -0.274. The fraction of sp³-hybridized carbons (Fsp3) is 0.226. The minimum Gasteiger partial charge on any atom is -0.481 e. The molecule has 0 bridgehead atoms. The van der Waals surface area contributed by atoms with Crippen LogP contribution in [0.3, 0.4) is 0 Å². The summed E-state index contributed by atoms with van der Waals surface area (Å²) in [7, 11) is 0.